The first-order valence-corrected chi connectivity index (χ1v) is 9.22. The lowest BCUT2D eigenvalue weighted by Gasteiger charge is -2.60. The van der Waals surface area contributed by atoms with E-state index in [1.165, 1.54) is 0 Å². The standard InChI is InChI=1S/C20H26FNO2/c1-10-17(24)16(22)14-5-4-11-12-6-7-15(23)19(12,2)9-8-13(11)20(14,3)18(10)21/h11-14,18,22H,1,4-9H2,2-3H3/t11-,12-,13-,14?,18+,19-,20+/m0/s1. The Morgan fingerprint density at radius 2 is 1.83 bits per heavy atom. The number of Topliss-reactive ketones (excluding diaryl/α,β-unsaturated/α-hetero) is 2. The smallest absolute Gasteiger partial charge is 0.205 e. The minimum atomic E-state index is -1.36. The van der Waals surface area contributed by atoms with Gasteiger partial charge in [-0.1, -0.05) is 20.4 Å². The first-order chi connectivity index (χ1) is 11.2. The van der Waals surface area contributed by atoms with Gasteiger partial charge in [-0.25, -0.2) is 4.39 Å². The summed E-state index contributed by atoms with van der Waals surface area (Å²) in [5, 5.41) is 8.26. The second-order valence-corrected chi connectivity index (χ2v) is 8.92. The molecule has 0 radical (unpaired) electrons. The predicted molar refractivity (Wildman–Crippen MR) is 89.7 cm³/mol. The molecule has 0 aromatic rings. The molecule has 0 heterocycles. The van der Waals surface area contributed by atoms with Gasteiger partial charge in [0.2, 0.25) is 5.78 Å². The molecule has 24 heavy (non-hydrogen) atoms. The Bertz CT molecular complexity index is 671. The third-order valence-electron chi connectivity index (χ3n) is 8.22. The van der Waals surface area contributed by atoms with E-state index in [-0.39, 0.29) is 28.5 Å². The zero-order valence-corrected chi connectivity index (χ0v) is 14.5. The second kappa shape index (κ2) is 4.86. The Balaban J connectivity index is 1.75. The molecule has 4 saturated carbocycles. The molecule has 4 rings (SSSR count). The lowest BCUT2D eigenvalue weighted by atomic mass is 9.44. The third-order valence-corrected chi connectivity index (χ3v) is 8.22. The fraction of sp³-hybridized carbons (Fsp3) is 0.750. The van der Waals surface area contributed by atoms with E-state index in [0.717, 1.165) is 25.7 Å². The summed E-state index contributed by atoms with van der Waals surface area (Å²) >= 11 is 0. The van der Waals surface area contributed by atoms with Crippen LogP contribution in [0.25, 0.3) is 0 Å². The molecule has 1 N–H and O–H groups in total. The molecular weight excluding hydrogens is 305 g/mol. The molecule has 4 fully saturated rings. The second-order valence-electron chi connectivity index (χ2n) is 8.92. The van der Waals surface area contributed by atoms with Crippen LogP contribution in [0.15, 0.2) is 12.2 Å². The summed E-state index contributed by atoms with van der Waals surface area (Å²) in [6, 6.07) is 0. The molecular formula is C20H26FNO2. The Morgan fingerprint density at radius 3 is 2.54 bits per heavy atom. The van der Waals surface area contributed by atoms with Crippen LogP contribution in [-0.4, -0.2) is 23.4 Å². The van der Waals surface area contributed by atoms with Crippen LogP contribution in [0.3, 0.4) is 0 Å². The van der Waals surface area contributed by atoms with Crippen molar-refractivity contribution in [2.24, 2.45) is 34.5 Å². The molecule has 0 spiro atoms. The van der Waals surface area contributed by atoms with Crippen molar-refractivity contribution in [3.05, 3.63) is 12.2 Å². The van der Waals surface area contributed by atoms with Crippen LogP contribution in [0.5, 0.6) is 0 Å². The number of alkyl halides is 1. The first-order valence-electron chi connectivity index (χ1n) is 9.22. The summed E-state index contributed by atoms with van der Waals surface area (Å²) in [5.41, 5.74) is -0.913. The van der Waals surface area contributed by atoms with Crippen molar-refractivity contribution in [1.29, 1.82) is 5.41 Å². The number of hydrogen-bond acceptors (Lipinski definition) is 3. The van der Waals surface area contributed by atoms with Gasteiger partial charge in [0.15, 0.2) is 0 Å². The number of ketones is 2. The van der Waals surface area contributed by atoms with E-state index in [1.807, 2.05) is 6.92 Å². The molecule has 130 valence electrons. The van der Waals surface area contributed by atoms with E-state index in [0.29, 0.717) is 30.5 Å². The van der Waals surface area contributed by atoms with Gasteiger partial charge in [0.25, 0.3) is 0 Å². The van der Waals surface area contributed by atoms with Gasteiger partial charge >= 0.3 is 0 Å². The Morgan fingerprint density at radius 1 is 1.12 bits per heavy atom. The van der Waals surface area contributed by atoms with Gasteiger partial charge in [0.05, 0.1) is 5.71 Å². The molecule has 4 heteroatoms. The third kappa shape index (κ3) is 1.70. The van der Waals surface area contributed by atoms with E-state index in [4.69, 9.17) is 5.41 Å². The lowest BCUT2D eigenvalue weighted by molar-refractivity contribution is -0.139. The van der Waals surface area contributed by atoms with Gasteiger partial charge < -0.3 is 5.41 Å². The largest absolute Gasteiger partial charge is 0.301 e. The number of hydrogen-bond donors (Lipinski definition) is 1. The van der Waals surface area contributed by atoms with E-state index >= 15 is 4.39 Å². The van der Waals surface area contributed by atoms with Crippen molar-refractivity contribution in [2.45, 2.75) is 58.5 Å². The minimum Gasteiger partial charge on any atom is -0.301 e. The van der Waals surface area contributed by atoms with Crippen molar-refractivity contribution in [3.63, 3.8) is 0 Å². The van der Waals surface area contributed by atoms with Crippen molar-refractivity contribution >= 4 is 17.3 Å². The van der Waals surface area contributed by atoms with Gasteiger partial charge in [0, 0.05) is 28.7 Å². The summed E-state index contributed by atoms with van der Waals surface area (Å²) in [4.78, 5) is 24.6. The molecule has 1 unspecified atom stereocenters. The highest BCUT2D eigenvalue weighted by Crippen LogP contribution is 2.65. The SMILES string of the molecule is C=C1C(=O)C(=N)C2CC[C@@H]3[C@H](CC[C@]4(C)C(=O)CC[C@@H]34)[C@@]2(C)[C@@H]1F. The molecule has 0 bridgehead atoms. The van der Waals surface area contributed by atoms with Gasteiger partial charge in [-0.3, -0.25) is 9.59 Å². The maximum Gasteiger partial charge on any atom is 0.205 e. The molecule has 0 saturated heterocycles. The molecule has 4 aliphatic carbocycles. The number of rotatable bonds is 0. The molecule has 7 atom stereocenters. The van der Waals surface area contributed by atoms with E-state index in [2.05, 4.69) is 13.5 Å². The maximum atomic E-state index is 15.3. The van der Waals surface area contributed by atoms with Crippen molar-refractivity contribution in [1.82, 2.24) is 0 Å². The average molecular weight is 331 g/mol. The van der Waals surface area contributed by atoms with Crippen LogP contribution in [0.2, 0.25) is 0 Å². The van der Waals surface area contributed by atoms with Gasteiger partial charge in [-0.15, -0.1) is 0 Å². The zero-order valence-electron chi connectivity index (χ0n) is 14.5. The van der Waals surface area contributed by atoms with Gasteiger partial charge in [0.1, 0.15) is 12.0 Å². The topological polar surface area (TPSA) is 58.0 Å². The monoisotopic (exact) mass is 331 g/mol. The normalized spacial score (nSPS) is 51.2. The van der Waals surface area contributed by atoms with Gasteiger partial charge in [-0.2, -0.15) is 0 Å². The molecule has 0 aromatic heterocycles. The van der Waals surface area contributed by atoms with Crippen LogP contribution in [0.4, 0.5) is 4.39 Å². The highest BCUT2D eigenvalue weighted by molar-refractivity contribution is 6.46. The lowest BCUT2D eigenvalue weighted by Crippen LogP contribution is -2.61. The quantitative estimate of drug-likeness (QED) is 0.684. The predicted octanol–water partition coefficient (Wildman–Crippen LogP) is 3.91. The number of carbonyl (C=O) groups is 2. The summed E-state index contributed by atoms with van der Waals surface area (Å²) in [5.74, 6) is 0.414. The molecule has 4 aliphatic rings. The van der Waals surface area contributed by atoms with E-state index in [1.54, 1.807) is 0 Å². The molecule has 3 nitrogen and oxygen atoms in total. The highest BCUT2D eigenvalue weighted by Gasteiger charge is 2.64. The maximum absolute atomic E-state index is 15.3. The van der Waals surface area contributed by atoms with E-state index < -0.39 is 17.4 Å². The number of nitrogens with one attached hydrogen (secondary N) is 1. The Hall–Kier alpha value is -1.32. The van der Waals surface area contributed by atoms with Crippen LogP contribution < -0.4 is 0 Å². The van der Waals surface area contributed by atoms with Crippen LogP contribution in [0, 0.1) is 39.9 Å². The van der Waals surface area contributed by atoms with Crippen molar-refractivity contribution in [2.75, 3.05) is 0 Å². The first kappa shape index (κ1) is 16.2. The minimum absolute atomic E-state index is 0.0322. The van der Waals surface area contributed by atoms with Crippen LogP contribution >= 0.6 is 0 Å². The number of halogens is 1. The number of allylic oxidation sites excluding steroid dienone is 1. The van der Waals surface area contributed by atoms with Gasteiger partial charge in [-0.05, 0) is 49.9 Å². The highest BCUT2D eigenvalue weighted by atomic mass is 19.1. The number of fused-ring (bicyclic) bond motifs is 5. The number of carbonyl (C=O) groups excluding carboxylic acids is 2. The molecule has 0 amide bonds. The summed E-state index contributed by atoms with van der Waals surface area (Å²) in [6.07, 6.45) is 3.46. The summed E-state index contributed by atoms with van der Waals surface area (Å²) < 4.78 is 15.3. The fourth-order valence-corrected chi connectivity index (χ4v) is 6.80. The van der Waals surface area contributed by atoms with Crippen LogP contribution in [-0.2, 0) is 9.59 Å². The van der Waals surface area contributed by atoms with Crippen molar-refractivity contribution in [3.8, 4) is 0 Å². The van der Waals surface area contributed by atoms with E-state index in [9.17, 15) is 9.59 Å². The van der Waals surface area contributed by atoms with Crippen molar-refractivity contribution < 1.29 is 14.0 Å². The average Bonchev–Trinajstić information content (AvgIpc) is 2.87. The zero-order chi connectivity index (χ0) is 17.4. The van der Waals surface area contributed by atoms with Crippen LogP contribution in [0.1, 0.15) is 52.4 Å². The Kier molecular flexibility index (Phi) is 3.27. The summed E-state index contributed by atoms with van der Waals surface area (Å²) in [7, 11) is 0. The fourth-order valence-electron chi connectivity index (χ4n) is 6.80. The Labute approximate surface area is 142 Å². The molecule has 0 aromatic carbocycles. The summed E-state index contributed by atoms with van der Waals surface area (Å²) in [6.45, 7) is 7.72. The molecule has 0 aliphatic heterocycles.